The van der Waals surface area contributed by atoms with Gasteiger partial charge in [-0.15, -0.1) is 0 Å². The molecule has 0 aliphatic rings. The van der Waals surface area contributed by atoms with Crippen LogP contribution in [-0.2, 0) is 6.54 Å². The number of nitrogens with one attached hydrogen (secondary N) is 1. The van der Waals surface area contributed by atoms with Gasteiger partial charge in [0.05, 0.1) is 12.2 Å². The SMILES string of the molecule is CCNC(c1ccc(Cl)cc1)c1cnn(CC)c1. The van der Waals surface area contributed by atoms with Gasteiger partial charge < -0.3 is 5.32 Å². The molecule has 1 N–H and O–H groups in total. The smallest absolute Gasteiger partial charge is 0.0607 e. The molecule has 4 heteroatoms. The van der Waals surface area contributed by atoms with E-state index in [0.29, 0.717) is 0 Å². The van der Waals surface area contributed by atoms with Crippen LogP contribution in [0, 0.1) is 0 Å². The van der Waals surface area contributed by atoms with Gasteiger partial charge in [0.1, 0.15) is 0 Å². The molecule has 0 amide bonds. The van der Waals surface area contributed by atoms with Crippen molar-refractivity contribution in [3.63, 3.8) is 0 Å². The van der Waals surface area contributed by atoms with Gasteiger partial charge in [-0.05, 0) is 31.2 Å². The molecule has 1 heterocycles. The van der Waals surface area contributed by atoms with Crippen LogP contribution in [0.1, 0.15) is 31.0 Å². The molecule has 1 aromatic heterocycles. The van der Waals surface area contributed by atoms with Gasteiger partial charge in [0, 0.05) is 23.3 Å². The molecule has 2 aromatic rings. The van der Waals surface area contributed by atoms with Crippen molar-refractivity contribution in [2.24, 2.45) is 0 Å². The van der Waals surface area contributed by atoms with Gasteiger partial charge in [0.2, 0.25) is 0 Å². The van der Waals surface area contributed by atoms with E-state index < -0.39 is 0 Å². The molecule has 0 bridgehead atoms. The molecule has 0 saturated heterocycles. The predicted octanol–water partition coefficient (Wildman–Crippen LogP) is 3.26. The lowest BCUT2D eigenvalue weighted by Gasteiger charge is -2.16. The van der Waals surface area contributed by atoms with Crippen molar-refractivity contribution in [2.45, 2.75) is 26.4 Å². The summed E-state index contributed by atoms with van der Waals surface area (Å²) >= 11 is 5.93. The Morgan fingerprint density at radius 1 is 1.22 bits per heavy atom. The van der Waals surface area contributed by atoms with Crippen LogP contribution < -0.4 is 5.32 Å². The fourth-order valence-corrected chi connectivity index (χ4v) is 2.12. The first-order valence-corrected chi connectivity index (χ1v) is 6.63. The summed E-state index contributed by atoms with van der Waals surface area (Å²) in [4.78, 5) is 0. The van der Waals surface area contributed by atoms with Gasteiger partial charge >= 0.3 is 0 Å². The van der Waals surface area contributed by atoms with Crippen molar-refractivity contribution in [1.29, 1.82) is 0 Å². The van der Waals surface area contributed by atoms with E-state index in [1.807, 2.05) is 23.0 Å². The van der Waals surface area contributed by atoms with Crippen LogP contribution in [0.25, 0.3) is 0 Å². The minimum atomic E-state index is 0.174. The zero-order valence-electron chi connectivity index (χ0n) is 10.7. The van der Waals surface area contributed by atoms with E-state index in [0.717, 1.165) is 18.1 Å². The minimum absolute atomic E-state index is 0.174. The molecule has 0 aliphatic heterocycles. The fraction of sp³-hybridized carbons (Fsp3) is 0.357. The van der Waals surface area contributed by atoms with E-state index >= 15 is 0 Å². The molecule has 0 saturated carbocycles. The quantitative estimate of drug-likeness (QED) is 0.897. The van der Waals surface area contributed by atoms with Crippen LogP contribution in [-0.4, -0.2) is 16.3 Å². The van der Waals surface area contributed by atoms with E-state index in [4.69, 9.17) is 11.6 Å². The maximum Gasteiger partial charge on any atom is 0.0607 e. The largest absolute Gasteiger partial charge is 0.306 e. The highest BCUT2D eigenvalue weighted by molar-refractivity contribution is 6.30. The summed E-state index contributed by atoms with van der Waals surface area (Å²) in [7, 11) is 0. The highest BCUT2D eigenvalue weighted by Crippen LogP contribution is 2.23. The third kappa shape index (κ3) is 2.92. The van der Waals surface area contributed by atoms with Crippen molar-refractivity contribution in [2.75, 3.05) is 6.54 Å². The number of nitrogens with zero attached hydrogens (tertiary/aromatic N) is 2. The topological polar surface area (TPSA) is 29.9 Å². The standard InChI is InChI=1S/C14H18ClN3/c1-3-16-14(11-5-7-13(15)8-6-11)12-9-17-18(4-2)10-12/h5-10,14,16H,3-4H2,1-2H3. The van der Waals surface area contributed by atoms with Crippen molar-refractivity contribution >= 4 is 11.6 Å². The van der Waals surface area contributed by atoms with E-state index in [1.54, 1.807) is 0 Å². The van der Waals surface area contributed by atoms with Gasteiger partial charge in [-0.25, -0.2) is 0 Å². The molecule has 2 rings (SSSR count). The average molecular weight is 264 g/mol. The number of halogens is 1. The zero-order valence-corrected chi connectivity index (χ0v) is 11.5. The monoisotopic (exact) mass is 263 g/mol. The number of hydrogen-bond donors (Lipinski definition) is 1. The molecular weight excluding hydrogens is 246 g/mol. The first kappa shape index (κ1) is 13.1. The zero-order chi connectivity index (χ0) is 13.0. The molecule has 1 aromatic carbocycles. The van der Waals surface area contributed by atoms with Crippen LogP contribution in [0.3, 0.4) is 0 Å². The van der Waals surface area contributed by atoms with Crippen molar-refractivity contribution < 1.29 is 0 Å². The van der Waals surface area contributed by atoms with Gasteiger partial charge in [0.25, 0.3) is 0 Å². The Labute approximate surface area is 113 Å². The normalized spacial score (nSPS) is 12.6. The van der Waals surface area contributed by atoms with Gasteiger partial charge in [-0.1, -0.05) is 30.7 Å². The Kier molecular flexibility index (Phi) is 4.39. The van der Waals surface area contributed by atoms with Crippen LogP contribution in [0.2, 0.25) is 5.02 Å². The summed E-state index contributed by atoms with van der Waals surface area (Å²) < 4.78 is 1.94. The van der Waals surface area contributed by atoms with Crippen LogP contribution in [0.5, 0.6) is 0 Å². The third-order valence-corrected chi connectivity index (χ3v) is 3.17. The summed E-state index contributed by atoms with van der Waals surface area (Å²) in [5, 5.41) is 8.57. The second-order valence-corrected chi connectivity index (χ2v) is 4.61. The average Bonchev–Trinajstić information content (AvgIpc) is 2.86. The number of aromatic nitrogens is 2. The van der Waals surface area contributed by atoms with Gasteiger partial charge in [-0.3, -0.25) is 4.68 Å². The lowest BCUT2D eigenvalue weighted by molar-refractivity contribution is 0.625. The van der Waals surface area contributed by atoms with E-state index in [2.05, 4.69) is 42.6 Å². The molecule has 1 unspecified atom stereocenters. The third-order valence-electron chi connectivity index (χ3n) is 2.92. The van der Waals surface area contributed by atoms with Crippen LogP contribution >= 0.6 is 11.6 Å². The Hall–Kier alpha value is -1.32. The van der Waals surface area contributed by atoms with Gasteiger partial charge in [0.15, 0.2) is 0 Å². The number of benzene rings is 1. The summed E-state index contributed by atoms with van der Waals surface area (Å²) in [6.07, 6.45) is 4.01. The second kappa shape index (κ2) is 6.03. The predicted molar refractivity (Wildman–Crippen MR) is 74.9 cm³/mol. The Balaban J connectivity index is 2.29. The van der Waals surface area contributed by atoms with E-state index in [1.165, 1.54) is 11.1 Å². The van der Waals surface area contributed by atoms with E-state index in [9.17, 15) is 0 Å². The molecule has 0 aliphatic carbocycles. The molecule has 0 fully saturated rings. The highest BCUT2D eigenvalue weighted by atomic mass is 35.5. The lowest BCUT2D eigenvalue weighted by Crippen LogP contribution is -2.21. The first-order valence-electron chi connectivity index (χ1n) is 6.25. The summed E-state index contributed by atoms with van der Waals surface area (Å²) in [5.41, 5.74) is 2.39. The molecule has 18 heavy (non-hydrogen) atoms. The summed E-state index contributed by atoms with van der Waals surface area (Å²) in [6, 6.07) is 8.13. The van der Waals surface area contributed by atoms with Crippen molar-refractivity contribution in [3.05, 3.63) is 52.8 Å². The van der Waals surface area contributed by atoms with Crippen molar-refractivity contribution in [1.82, 2.24) is 15.1 Å². The number of rotatable bonds is 5. The van der Waals surface area contributed by atoms with Crippen LogP contribution in [0.4, 0.5) is 0 Å². The van der Waals surface area contributed by atoms with Gasteiger partial charge in [-0.2, -0.15) is 5.10 Å². The maximum absolute atomic E-state index is 5.93. The lowest BCUT2D eigenvalue weighted by atomic mass is 10.0. The minimum Gasteiger partial charge on any atom is -0.306 e. The molecule has 1 atom stereocenters. The van der Waals surface area contributed by atoms with E-state index in [-0.39, 0.29) is 6.04 Å². The maximum atomic E-state index is 5.93. The molecule has 96 valence electrons. The number of aryl methyl sites for hydroxylation is 1. The Morgan fingerprint density at radius 2 is 1.94 bits per heavy atom. The van der Waals surface area contributed by atoms with Crippen LogP contribution in [0.15, 0.2) is 36.7 Å². The molecular formula is C14H18ClN3. The highest BCUT2D eigenvalue weighted by Gasteiger charge is 2.14. The van der Waals surface area contributed by atoms with Crippen molar-refractivity contribution in [3.8, 4) is 0 Å². The molecule has 0 radical (unpaired) electrons. The number of hydrogen-bond acceptors (Lipinski definition) is 2. The second-order valence-electron chi connectivity index (χ2n) is 4.17. The Morgan fingerprint density at radius 3 is 2.50 bits per heavy atom. The summed E-state index contributed by atoms with van der Waals surface area (Å²) in [5.74, 6) is 0. The first-order chi connectivity index (χ1) is 8.74. The Bertz CT molecular complexity index is 490. The summed E-state index contributed by atoms with van der Waals surface area (Å²) in [6.45, 7) is 5.98. The molecule has 0 spiro atoms. The fourth-order valence-electron chi connectivity index (χ4n) is 1.99. The molecule has 3 nitrogen and oxygen atoms in total.